The van der Waals surface area contributed by atoms with E-state index in [0.717, 1.165) is 25.1 Å². The van der Waals surface area contributed by atoms with Crippen molar-refractivity contribution >= 4 is 31.1 Å². The summed E-state index contributed by atoms with van der Waals surface area (Å²) in [5.74, 6) is 0.0964. The zero-order valence-electron chi connectivity index (χ0n) is 22.3. The molecule has 4 rings (SSSR count). The maximum absolute atomic E-state index is 13.9. The molecule has 0 bridgehead atoms. The Hall–Kier alpha value is -2.14. The van der Waals surface area contributed by atoms with Gasteiger partial charge >= 0.3 is 0 Å². The Morgan fingerprint density at radius 3 is 2.24 bits per heavy atom. The van der Waals surface area contributed by atoms with Crippen LogP contribution in [-0.2, 0) is 30.9 Å². The van der Waals surface area contributed by atoms with Crippen LogP contribution in [0.25, 0.3) is 0 Å². The van der Waals surface area contributed by atoms with Gasteiger partial charge in [0.2, 0.25) is 0 Å². The lowest BCUT2D eigenvalue weighted by atomic mass is 9.95. The number of anilines is 2. The summed E-state index contributed by atoms with van der Waals surface area (Å²) in [7, 11) is -7.15. The summed E-state index contributed by atoms with van der Waals surface area (Å²) in [5.41, 5.74) is 2.14. The van der Waals surface area contributed by atoms with Crippen molar-refractivity contribution in [2.24, 2.45) is 5.92 Å². The molecule has 2 aromatic rings. The van der Waals surface area contributed by atoms with Gasteiger partial charge in [-0.05, 0) is 74.2 Å². The van der Waals surface area contributed by atoms with E-state index in [4.69, 9.17) is 9.52 Å². The van der Waals surface area contributed by atoms with Gasteiger partial charge in [-0.15, -0.1) is 0 Å². The van der Waals surface area contributed by atoms with Gasteiger partial charge in [0, 0.05) is 19.3 Å². The van der Waals surface area contributed by atoms with Crippen LogP contribution in [0.15, 0.2) is 52.3 Å². The first kappa shape index (κ1) is 27.9. The number of nitrogens with zero attached hydrogens (tertiary/aromatic N) is 2. The average molecular weight is 549 g/mol. The molecular formula is C27H40N4O4S2. The number of hydrogen-bond acceptors (Lipinski definition) is 7. The van der Waals surface area contributed by atoms with Gasteiger partial charge in [0.1, 0.15) is 0 Å². The molecule has 2 aromatic carbocycles. The van der Waals surface area contributed by atoms with Crippen molar-refractivity contribution in [3.8, 4) is 0 Å². The van der Waals surface area contributed by atoms with Gasteiger partial charge in [-0.2, -0.15) is 0 Å². The Bertz CT molecular complexity index is 1300. The highest BCUT2D eigenvalue weighted by molar-refractivity contribution is 7.93. The molecule has 0 aliphatic carbocycles. The number of sulfonamides is 1. The van der Waals surface area contributed by atoms with Crippen LogP contribution >= 0.6 is 0 Å². The molecule has 0 amide bonds. The Morgan fingerprint density at radius 2 is 1.73 bits per heavy atom. The van der Waals surface area contributed by atoms with Crippen molar-refractivity contribution in [3.63, 3.8) is 0 Å². The maximum atomic E-state index is 13.9. The van der Waals surface area contributed by atoms with E-state index in [1.165, 1.54) is 29.5 Å². The second-order valence-electron chi connectivity index (χ2n) is 10.7. The molecule has 2 aliphatic rings. The number of benzene rings is 2. The van der Waals surface area contributed by atoms with Crippen LogP contribution in [0.4, 0.5) is 11.4 Å². The molecule has 2 fully saturated rings. The molecule has 0 spiro atoms. The Morgan fingerprint density at radius 1 is 1.08 bits per heavy atom. The lowest BCUT2D eigenvalue weighted by Crippen LogP contribution is -2.65. The van der Waals surface area contributed by atoms with E-state index in [0.29, 0.717) is 37.7 Å². The van der Waals surface area contributed by atoms with Gasteiger partial charge in [0.25, 0.3) is 10.0 Å². The van der Waals surface area contributed by atoms with Crippen molar-refractivity contribution in [2.45, 2.75) is 55.4 Å². The van der Waals surface area contributed by atoms with Crippen LogP contribution in [0.3, 0.4) is 0 Å². The second kappa shape index (κ2) is 10.9. The van der Waals surface area contributed by atoms with E-state index in [2.05, 4.69) is 17.1 Å². The van der Waals surface area contributed by atoms with Crippen LogP contribution < -0.4 is 9.62 Å². The normalized spacial score (nSPS) is 19.4. The lowest BCUT2D eigenvalue weighted by Gasteiger charge is -2.48. The van der Waals surface area contributed by atoms with Gasteiger partial charge < -0.3 is 10.1 Å². The van der Waals surface area contributed by atoms with Gasteiger partial charge in [-0.3, -0.25) is 9.21 Å². The largest absolute Gasteiger partial charge is 0.382 e. The first-order chi connectivity index (χ1) is 17.5. The third kappa shape index (κ3) is 5.97. The molecule has 10 heteroatoms. The third-order valence-electron chi connectivity index (χ3n) is 7.25. The standard InChI is InChI=1S/C27H40N4O4S2/c1-5-22-8-10-23(11-9-22)31(17-21(2)3)37(33,34)24-12-13-25(26(16-24)36(4,28)32)29-18-27(19-35-20-27)30-14-6-7-15-30/h8-13,16,21,28-29H,5-7,14-15,17-20H2,1-4H3. The average Bonchev–Trinajstić information content (AvgIpc) is 3.36. The van der Waals surface area contributed by atoms with Gasteiger partial charge in [0.05, 0.1) is 49.6 Å². The second-order valence-corrected chi connectivity index (χ2v) is 14.7. The van der Waals surface area contributed by atoms with Crippen LogP contribution in [0.1, 0.15) is 39.2 Å². The first-order valence-electron chi connectivity index (χ1n) is 13.0. The van der Waals surface area contributed by atoms with Crippen LogP contribution in [0, 0.1) is 10.7 Å². The van der Waals surface area contributed by atoms with Gasteiger partial charge in [-0.25, -0.2) is 17.4 Å². The molecular weight excluding hydrogens is 508 g/mol. The monoisotopic (exact) mass is 548 g/mol. The molecule has 2 aliphatic heterocycles. The Kier molecular flexibility index (Phi) is 8.23. The highest BCUT2D eigenvalue weighted by Crippen LogP contribution is 2.33. The minimum absolute atomic E-state index is 0.0383. The number of likely N-dealkylation sites (tertiary alicyclic amines) is 1. The van der Waals surface area contributed by atoms with Crippen LogP contribution in [0.5, 0.6) is 0 Å². The summed E-state index contributed by atoms with van der Waals surface area (Å²) in [6, 6.07) is 12.2. The highest BCUT2D eigenvalue weighted by atomic mass is 32.2. The van der Waals surface area contributed by atoms with Gasteiger partial charge in [0.15, 0.2) is 0 Å². The zero-order valence-corrected chi connectivity index (χ0v) is 24.0. The molecule has 1 unspecified atom stereocenters. The molecule has 2 saturated heterocycles. The summed E-state index contributed by atoms with van der Waals surface area (Å²) in [6.45, 7) is 10.2. The summed E-state index contributed by atoms with van der Waals surface area (Å²) in [4.78, 5) is 2.69. The van der Waals surface area contributed by atoms with E-state index in [9.17, 15) is 12.6 Å². The number of aryl methyl sites for hydroxylation is 1. The quantitative estimate of drug-likeness (QED) is 0.431. The molecule has 1 atom stereocenters. The fourth-order valence-corrected chi connectivity index (χ4v) is 7.66. The SMILES string of the molecule is CCc1ccc(N(CC(C)C)S(=O)(=O)c2ccc(NCC3(N4CCCC4)COC3)c(S(C)(=N)=O)c2)cc1. The Balaban J connectivity index is 1.66. The van der Waals surface area contributed by atoms with Crippen molar-refractivity contribution in [3.05, 3.63) is 48.0 Å². The number of nitrogens with one attached hydrogen (secondary N) is 2. The highest BCUT2D eigenvalue weighted by Gasteiger charge is 2.45. The molecule has 8 nitrogen and oxygen atoms in total. The van der Waals surface area contributed by atoms with E-state index >= 15 is 0 Å². The molecule has 0 radical (unpaired) electrons. The molecule has 204 valence electrons. The van der Waals surface area contributed by atoms with Crippen LogP contribution in [-0.4, -0.2) is 68.7 Å². The number of ether oxygens (including phenoxy) is 1. The van der Waals surface area contributed by atoms with Crippen molar-refractivity contribution < 1.29 is 17.4 Å². The molecule has 2 N–H and O–H groups in total. The number of hydrogen-bond donors (Lipinski definition) is 2. The van der Waals surface area contributed by atoms with Crippen molar-refractivity contribution in [2.75, 3.05) is 55.3 Å². The van der Waals surface area contributed by atoms with Crippen molar-refractivity contribution in [1.82, 2.24) is 4.90 Å². The molecule has 0 saturated carbocycles. The Labute approximate surface area is 222 Å². The van der Waals surface area contributed by atoms with Gasteiger partial charge in [-0.1, -0.05) is 32.9 Å². The first-order valence-corrected chi connectivity index (χ1v) is 16.4. The number of rotatable bonds is 11. The van der Waals surface area contributed by atoms with E-state index in [1.807, 2.05) is 38.1 Å². The van der Waals surface area contributed by atoms with E-state index in [-0.39, 0.29) is 21.2 Å². The minimum atomic E-state index is -3.95. The zero-order chi connectivity index (χ0) is 26.8. The molecule has 0 aromatic heterocycles. The fraction of sp³-hybridized carbons (Fsp3) is 0.556. The smallest absolute Gasteiger partial charge is 0.264 e. The topological polar surface area (TPSA) is 103 Å². The van der Waals surface area contributed by atoms with E-state index in [1.54, 1.807) is 12.1 Å². The predicted molar refractivity (Wildman–Crippen MR) is 150 cm³/mol. The predicted octanol–water partition coefficient (Wildman–Crippen LogP) is 4.41. The van der Waals surface area contributed by atoms with Crippen molar-refractivity contribution in [1.29, 1.82) is 4.78 Å². The molecule has 37 heavy (non-hydrogen) atoms. The minimum Gasteiger partial charge on any atom is -0.382 e. The summed E-state index contributed by atoms with van der Waals surface area (Å²) in [5, 5.41) is 3.39. The maximum Gasteiger partial charge on any atom is 0.264 e. The summed E-state index contributed by atoms with van der Waals surface area (Å²) in [6.07, 6.45) is 4.54. The summed E-state index contributed by atoms with van der Waals surface area (Å²) >= 11 is 0. The molecule has 2 heterocycles. The fourth-order valence-electron chi connectivity index (χ4n) is 5.02. The summed E-state index contributed by atoms with van der Waals surface area (Å²) < 4.78 is 56.1. The van der Waals surface area contributed by atoms with Crippen LogP contribution in [0.2, 0.25) is 0 Å². The lowest BCUT2D eigenvalue weighted by molar-refractivity contribution is -0.125. The third-order valence-corrected chi connectivity index (χ3v) is 10.2. The van der Waals surface area contributed by atoms with E-state index < -0.39 is 19.8 Å².